The zero-order valence-corrected chi connectivity index (χ0v) is 19.9. The average molecular weight is 478 g/mol. The SMILES string of the molecule is CN(C(=O)C(=O)C(Cc1ccccc1)N(Cc1ccccc1)C(=O)C1CCC(=O)N1)[C@H]1CCCO1. The summed E-state index contributed by atoms with van der Waals surface area (Å²) >= 11 is 0. The third-order valence-corrected chi connectivity index (χ3v) is 6.59. The van der Waals surface area contributed by atoms with Crippen LogP contribution < -0.4 is 5.32 Å². The molecule has 3 atom stereocenters. The Morgan fingerprint density at radius 1 is 1.00 bits per heavy atom. The molecule has 4 rings (SSSR count). The Morgan fingerprint density at radius 3 is 2.23 bits per heavy atom. The first-order chi connectivity index (χ1) is 16.9. The lowest BCUT2D eigenvalue weighted by Crippen LogP contribution is -2.55. The number of hydrogen-bond donors (Lipinski definition) is 1. The normalized spacial score (nSPS) is 20.2. The third kappa shape index (κ3) is 5.95. The second kappa shape index (κ2) is 11.3. The first kappa shape index (κ1) is 24.6. The Kier molecular flexibility index (Phi) is 7.92. The topological polar surface area (TPSA) is 96.0 Å². The van der Waals surface area contributed by atoms with E-state index in [1.807, 2.05) is 60.7 Å². The van der Waals surface area contributed by atoms with Crippen molar-refractivity contribution in [1.82, 2.24) is 15.1 Å². The highest BCUT2D eigenvalue weighted by Crippen LogP contribution is 2.21. The van der Waals surface area contributed by atoms with Gasteiger partial charge in [-0.1, -0.05) is 60.7 Å². The van der Waals surface area contributed by atoms with Crippen molar-refractivity contribution >= 4 is 23.5 Å². The van der Waals surface area contributed by atoms with Crippen LogP contribution in [0.3, 0.4) is 0 Å². The smallest absolute Gasteiger partial charge is 0.293 e. The van der Waals surface area contributed by atoms with Gasteiger partial charge in [-0.2, -0.15) is 0 Å². The maximum Gasteiger partial charge on any atom is 0.293 e. The second-order valence-corrected chi connectivity index (χ2v) is 9.06. The van der Waals surface area contributed by atoms with Crippen LogP contribution in [-0.2, 0) is 36.9 Å². The predicted octanol–water partition coefficient (Wildman–Crippen LogP) is 2.07. The van der Waals surface area contributed by atoms with Crippen molar-refractivity contribution in [2.45, 2.75) is 57.0 Å². The fourth-order valence-electron chi connectivity index (χ4n) is 4.62. The lowest BCUT2D eigenvalue weighted by Gasteiger charge is -2.34. The van der Waals surface area contributed by atoms with E-state index >= 15 is 0 Å². The fourth-order valence-corrected chi connectivity index (χ4v) is 4.62. The van der Waals surface area contributed by atoms with Gasteiger partial charge in [-0.3, -0.25) is 19.2 Å². The summed E-state index contributed by atoms with van der Waals surface area (Å²) in [5, 5.41) is 2.72. The van der Waals surface area contributed by atoms with E-state index < -0.39 is 30.0 Å². The molecule has 184 valence electrons. The van der Waals surface area contributed by atoms with Crippen molar-refractivity contribution in [2.24, 2.45) is 0 Å². The summed E-state index contributed by atoms with van der Waals surface area (Å²) in [4.78, 5) is 55.4. The predicted molar refractivity (Wildman–Crippen MR) is 129 cm³/mol. The summed E-state index contributed by atoms with van der Waals surface area (Å²) in [6.07, 6.45) is 1.84. The molecule has 1 N–H and O–H groups in total. The van der Waals surface area contributed by atoms with E-state index in [0.29, 0.717) is 19.4 Å². The highest BCUT2D eigenvalue weighted by molar-refractivity contribution is 6.38. The standard InChI is InChI=1S/C27H31N3O5/c1-29(24-13-8-16-35-24)27(34)25(32)22(17-19-9-4-2-5-10-19)30(18-20-11-6-3-7-12-20)26(33)21-14-15-23(31)28-21/h2-7,9-12,21-22,24H,8,13-18H2,1H3,(H,28,31)/t21?,22?,24-/m1/s1. The first-order valence-corrected chi connectivity index (χ1v) is 12.0. The minimum atomic E-state index is -1.03. The van der Waals surface area contributed by atoms with Crippen molar-refractivity contribution in [3.8, 4) is 0 Å². The number of amides is 3. The number of carbonyl (C=O) groups excluding carboxylic acids is 4. The Hall–Kier alpha value is -3.52. The summed E-state index contributed by atoms with van der Waals surface area (Å²) in [5.74, 6) is -1.90. The number of nitrogens with one attached hydrogen (secondary N) is 1. The monoisotopic (exact) mass is 477 g/mol. The maximum absolute atomic E-state index is 13.7. The summed E-state index contributed by atoms with van der Waals surface area (Å²) in [5.41, 5.74) is 1.66. The molecule has 3 amide bonds. The quantitative estimate of drug-likeness (QED) is 0.558. The number of nitrogens with zero attached hydrogens (tertiary/aromatic N) is 2. The highest BCUT2D eigenvalue weighted by atomic mass is 16.5. The molecule has 0 radical (unpaired) electrons. The number of carbonyl (C=O) groups is 4. The summed E-state index contributed by atoms with van der Waals surface area (Å²) in [7, 11) is 1.57. The van der Waals surface area contributed by atoms with Gasteiger partial charge in [0.15, 0.2) is 0 Å². The molecule has 8 heteroatoms. The molecule has 0 spiro atoms. The number of rotatable bonds is 9. The van der Waals surface area contributed by atoms with E-state index in [-0.39, 0.29) is 31.2 Å². The van der Waals surface area contributed by atoms with E-state index in [4.69, 9.17) is 4.74 Å². The van der Waals surface area contributed by atoms with Crippen molar-refractivity contribution in [1.29, 1.82) is 0 Å². The molecule has 2 unspecified atom stereocenters. The molecule has 8 nitrogen and oxygen atoms in total. The molecule has 2 fully saturated rings. The molecular weight excluding hydrogens is 446 g/mol. The molecule has 0 aromatic heterocycles. The van der Waals surface area contributed by atoms with Gasteiger partial charge in [-0.25, -0.2) is 0 Å². The highest BCUT2D eigenvalue weighted by Gasteiger charge is 2.40. The molecular formula is C27H31N3O5. The lowest BCUT2D eigenvalue weighted by molar-refractivity contribution is -0.155. The minimum Gasteiger partial charge on any atom is -0.358 e. The van der Waals surface area contributed by atoms with Crippen LogP contribution in [0.15, 0.2) is 60.7 Å². The van der Waals surface area contributed by atoms with Crippen LogP contribution in [0.1, 0.15) is 36.8 Å². The molecule has 2 aliphatic rings. The molecule has 2 aromatic carbocycles. The minimum absolute atomic E-state index is 0.145. The molecule has 35 heavy (non-hydrogen) atoms. The number of benzene rings is 2. The third-order valence-electron chi connectivity index (χ3n) is 6.59. The molecule has 0 saturated carbocycles. The van der Waals surface area contributed by atoms with Crippen LogP contribution in [0.25, 0.3) is 0 Å². The van der Waals surface area contributed by atoms with E-state index in [1.165, 1.54) is 9.80 Å². The van der Waals surface area contributed by atoms with Crippen LogP contribution >= 0.6 is 0 Å². The van der Waals surface area contributed by atoms with Gasteiger partial charge < -0.3 is 19.9 Å². The molecule has 0 aliphatic carbocycles. The van der Waals surface area contributed by atoms with Gasteiger partial charge in [-0.05, 0) is 30.4 Å². The Balaban J connectivity index is 1.67. The van der Waals surface area contributed by atoms with E-state index in [2.05, 4.69) is 5.32 Å². The van der Waals surface area contributed by atoms with Crippen molar-refractivity contribution in [2.75, 3.05) is 13.7 Å². The fraction of sp³-hybridized carbons (Fsp3) is 0.407. The van der Waals surface area contributed by atoms with Crippen LogP contribution in [0.4, 0.5) is 0 Å². The largest absolute Gasteiger partial charge is 0.358 e. The molecule has 0 bridgehead atoms. The molecule has 2 heterocycles. The van der Waals surface area contributed by atoms with Gasteiger partial charge in [-0.15, -0.1) is 0 Å². The average Bonchev–Trinajstić information content (AvgIpc) is 3.58. The van der Waals surface area contributed by atoms with Crippen molar-refractivity contribution < 1.29 is 23.9 Å². The summed E-state index contributed by atoms with van der Waals surface area (Å²) in [6.45, 7) is 0.691. The van der Waals surface area contributed by atoms with Crippen molar-refractivity contribution in [3.05, 3.63) is 71.8 Å². The lowest BCUT2D eigenvalue weighted by atomic mass is 9.97. The van der Waals surface area contributed by atoms with Gasteiger partial charge in [0.25, 0.3) is 5.91 Å². The molecule has 2 aromatic rings. The first-order valence-electron chi connectivity index (χ1n) is 12.0. The summed E-state index contributed by atoms with van der Waals surface area (Å²) in [6, 6.07) is 16.9. The summed E-state index contributed by atoms with van der Waals surface area (Å²) < 4.78 is 5.61. The van der Waals surface area contributed by atoms with E-state index in [0.717, 1.165) is 17.5 Å². The van der Waals surface area contributed by atoms with Crippen LogP contribution in [0.5, 0.6) is 0 Å². The van der Waals surface area contributed by atoms with E-state index in [9.17, 15) is 19.2 Å². The van der Waals surface area contributed by atoms with E-state index in [1.54, 1.807) is 7.05 Å². The van der Waals surface area contributed by atoms with Gasteiger partial charge in [0.1, 0.15) is 18.3 Å². The number of likely N-dealkylation sites (N-methyl/N-ethyl adjacent to an activating group) is 1. The zero-order chi connectivity index (χ0) is 24.8. The number of Topliss-reactive ketones (excluding diaryl/α,β-unsaturated/α-hetero) is 1. The van der Waals surface area contributed by atoms with Gasteiger partial charge in [0, 0.05) is 33.0 Å². The Labute approximate surface area is 205 Å². The second-order valence-electron chi connectivity index (χ2n) is 9.06. The van der Waals surface area contributed by atoms with Crippen LogP contribution in [0, 0.1) is 0 Å². The van der Waals surface area contributed by atoms with Gasteiger partial charge >= 0.3 is 0 Å². The zero-order valence-electron chi connectivity index (χ0n) is 19.9. The van der Waals surface area contributed by atoms with Crippen LogP contribution in [-0.4, -0.2) is 65.3 Å². The molecule has 2 saturated heterocycles. The van der Waals surface area contributed by atoms with Gasteiger partial charge in [0.05, 0.1) is 0 Å². The molecule has 2 aliphatic heterocycles. The Morgan fingerprint density at radius 2 is 1.66 bits per heavy atom. The number of ketones is 1. The number of hydrogen-bond acceptors (Lipinski definition) is 5. The van der Waals surface area contributed by atoms with Crippen molar-refractivity contribution in [3.63, 3.8) is 0 Å². The Bertz CT molecular complexity index is 1050. The number of ether oxygens (including phenoxy) is 1. The maximum atomic E-state index is 13.7. The van der Waals surface area contributed by atoms with Gasteiger partial charge in [0.2, 0.25) is 17.6 Å². The van der Waals surface area contributed by atoms with Crippen LogP contribution in [0.2, 0.25) is 0 Å².